The Morgan fingerprint density at radius 3 is 2.69 bits per heavy atom. The van der Waals surface area contributed by atoms with E-state index in [-0.39, 0.29) is 36.1 Å². The number of methoxy groups -OCH3 is 1. The second kappa shape index (κ2) is 11.8. The van der Waals surface area contributed by atoms with Gasteiger partial charge >= 0.3 is 12.0 Å². The fraction of sp³-hybridized carbons (Fsp3) is 0.192. The van der Waals surface area contributed by atoms with E-state index in [4.69, 9.17) is 13.9 Å². The van der Waals surface area contributed by atoms with Gasteiger partial charge in [0.2, 0.25) is 5.76 Å². The molecule has 0 bridgehead atoms. The van der Waals surface area contributed by atoms with Crippen LogP contribution in [0.4, 0.5) is 10.5 Å². The highest BCUT2D eigenvalue weighted by atomic mass is 79.9. The number of carbonyl (C=O) groups excluding carboxylic acids is 3. The van der Waals surface area contributed by atoms with Gasteiger partial charge in [-0.2, -0.15) is 0 Å². The number of hydrogen-bond acceptors (Lipinski definition) is 9. The number of esters is 1. The second-order valence-electron chi connectivity index (χ2n) is 8.12. The standard InChI is InChI=1S/C26H22BrN3O9/c1-3-37-22-12-16(10-19(27)23(22)38-14-15-5-4-6-17(9-15)30(34)35)11-20-24(31)29(26(33)28-20)13-18-7-8-21(39-18)25(32)36-2/h4-12H,3,13-14H2,1-2H3,(H,28,33)/b20-11-. The lowest BCUT2D eigenvalue weighted by molar-refractivity contribution is -0.384. The van der Waals surface area contributed by atoms with Crippen molar-refractivity contribution in [2.24, 2.45) is 0 Å². The molecule has 2 aromatic carbocycles. The number of ether oxygens (including phenoxy) is 3. The van der Waals surface area contributed by atoms with Crippen molar-refractivity contribution in [2.45, 2.75) is 20.1 Å². The Kier molecular flexibility index (Phi) is 8.30. The fourth-order valence-electron chi connectivity index (χ4n) is 3.70. The Morgan fingerprint density at radius 1 is 1.18 bits per heavy atom. The Balaban J connectivity index is 1.53. The Bertz CT molecular complexity index is 1480. The molecular weight excluding hydrogens is 578 g/mol. The van der Waals surface area contributed by atoms with Crippen molar-refractivity contribution in [1.29, 1.82) is 0 Å². The van der Waals surface area contributed by atoms with Gasteiger partial charge in [0.25, 0.3) is 11.6 Å². The number of nitrogens with one attached hydrogen (secondary N) is 1. The number of furan rings is 1. The first-order valence-electron chi connectivity index (χ1n) is 11.5. The quantitative estimate of drug-likeness (QED) is 0.114. The molecule has 1 aliphatic rings. The first-order chi connectivity index (χ1) is 18.7. The highest BCUT2D eigenvalue weighted by Crippen LogP contribution is 2.38. The minimum Gasteiger partial charge on any atom is -0.490 e. The molecule has 0 saturated carbocycles. The van der Waals surface area contributed by atoms with Crippen LogP contribution in [0.5, 0.6) is 11.5 Å². The molecule has 0 aliphatic carbocycles. The van der Waals surface area contributed by atoms with E-state index in [1.54, 1.807) is 31.2 Å². The van der Waals surface area contributed by atoms with E-state index >= 15 is 0 Å². The molecule has 1 aromatic heterocycles. The number of amides is 3. The van der Waals surface area contributed by atoms with Gasteiger partial charge in [-0.15, -0.1) is 0 Å². The van der Waals surface area contributed by atoms with E-state index in [0.29, 0.717) is 33.7 Å². The van der Waals surface area contributed by atoms with Crippen LogP contribution in [0.2, 0.25) is 0 Å². The lowest BCUT2D eigenvalue weighted by Gasteiger charge is -2.15. The molecule has 0 atom stereocenters. The van der Waals surface area contributed by atoms with Gasteiger partial charge in [0.1, 0.15) is 18.1 Å². The summed E-state index contributed by atoms with van der Waals surface area (Å²) in [4.78, 5) is 48.5. The minimum atomic E-state index is -0.674. The number of nitrogens with zero attached hydrogens (tertiary/aromatic N) is 2. The normalized spacial score (nSPS) is 13.9. The van der Waals surface area contributed by atoms with Crippen LogP contribution in [0, 0.1) is 10.1 Å². The van der Waals surface area contributed by atoms with Crippen molar-refractivity contribution in [3.05, 3.63) is 91.5 Å². The largest absolute Gasteiger partial charge is 0.490 e. The molecule has 1 fully saturated rings. The van der Waals surface area contributed by atoms with E-state index in [9.17, 15) is 24.5 Å². The van der Waals surface area contributed by atoms with Crippen LogP contribution in [-0.4, -0.2) is 41.4 Å². The van der Waals surface area contributed by atoms with Crippen LogP contribution in [0.1, 0.15) is 34.4 Å². The average molecular weight is 600 g/mol. The number of non-ortho nitro benzene ring substituents is 1. The lowest BCUT2D eigenvalue weighted by Crippen LogP contribution is -2.30. The molecule has 1 saturated heterocycles. The molecule has 12 nitrogen and oxygen atoms in total. The minimum absolute atomic E-state index is 0.0272. The first-order valence-corrected chi connectivity index (χ1v) is 12.3. The van der Waals surface area contributed by atoms with E-state index < -0.39 is 22.8 Å². The maximum atomic E-state index is 12.9. The average Bonchev–Trinajstić information content (AvgIpc) is 3.48. The van der Waals surface area contributed by atoms with Gasteiger partial charge in [-0.25, -0.2) is 9.59 Å². The summed E-state index contributed by atoms with van der Waals surface area (Å²) in [7, 11) is 1.21. The lowest BCUT2D eigenvalue weighted by atomic mass is 10.1. The van der Waals surface area contributed by atoms with E-state index in [2.05, 4.69) is 26.0 Å². The van der Waals surface area contributed by atoms with Gasteiger partial charge < -0.3 is 23.9 Å². The van der Waals surface area contributed by atoms with Crippen molar-refractivity contribution in [3.8, 4) is 11.5 Å². The monoisotopic (exact) mass is 599 g/mol. The number of nitro benzene ring substituents is 1. The zero-order valence-corrected chi connectivity index (χ0v) is 22.4. The van der Waals surface area contributed by atoms with Gasteiger partial charge in [0, 0.05) is 12.1 Å². The summed E-state index contributed by atoms with van der Waals surface area (Å²) in [6.45, 7) is 1.98. The Hall–Kier alpha value is -4.65. The third kappa shape index (κ3) is 6.26. The van der Waals surface area contributed by atoms with Crippen molar-refractivity contribution >= 4 is 45.6 Å². The zero-order chi connectivity index (χ0) is 28.1. The molecule has 0 radical (unpaired) electrons. The predicted octanol–water partition coefficient (Wildman–Crippen LogP) is 4.81. The maximum Gasteiger partial charge on any atom is 0.373 e. The summed E-state index contributed by atoms with van der Waals surface area (Å²) in [6.07, 6.45) is 1.49. The third-order valence-electron chi connectivity index (χ3n) is 5.47. The maximum absolute atomic E-state index is 12.9. The Morgan fingerprint density at radius 2 is 1.97 bits per heavy atom. The van der Waals surface area contributed by atoms with E-state index in [1.807, 2.05) is 0 Å². The number of nitro groups is 1. The molecule has 1 N–H and O–H groups in total. The van der Waals surface area contributed by atoms with Crippen LogP contribution in [0.3, 0.4) is 0 Å². The van der Waals surface area contributed by atoms with Crippen molar-refractivity contribution in [1.82, 2.24) is 10.2 Å². The van der Waals surface area contributed by atoms with Gasteiger partial charge in [0.15, 0.2) is 11.5 Å². The number of benzene rings is 2. The highest BCUT2D eigenvalue weighted by molar-refractivity contribution is 9.10. The number of hydrogen-bond donors (Lipinski definition) is 1. The first kappa shape index (κ1) is 27.4. The second-order valence-corrected chi connectivity index (χ2v) is 8.97. The van der Waals surface area contributed by atoms with Gasteiger partial charge in [-0.3, -0.25) is 19.8 Å². The van der Waals surface area contributed by atoms with Crippen LogP contribution in [0.15, 0.2) is 63.1 Å². The highest BCUT2D eigenvalue weighted by Gasteiger charge is 2.34. The van der Waals surface area contributed by atoms with E-state index in [0.717, 1.165) is 4.90 Å². The van der Waals surface area contributed by atoms with Crippen LogP contribution < -0.4 is 14.8 Å². The summed E-state index contributed by atoms with van der Waals surface area (Å²) in [5.74, 6) is -0.344. The predicted molar refractivity (Wildman–Crippen MR) is 140 cm³/mol. The molecular formula is C26H22BrN3O9. The smallest absolute Gasteiger partial charge is 0.373 e. The number of imide groups is 1. The number of carbonyl (C=O) groups is 3. The molecule has 1 aliphatic heterocycles. The van der Waals surface area contributed by atoms with Gasteiger partial charge in [0.05, 0.1) is 29.7 Å². The molecule has 0 spiro atoms. The summed E-state index contributed by atoms with van der Waals surface area (Å²) in [5.41, 5.74) is 1.11. The van der Waals surface area contributed by atoms with E-state index in [1.165, 1.54) is 37.5 Å². The molecule has 4 rings (SSSR count). The third-order valence-corrected chi connectivity index (χ3v) is 6.06. The van der Waals surface area contributed by atoms with Gasteiger partial charge in [-0.05, 0) is 64.3 Å². The molecule has 202 valence electrons. The molecule has 0 unspecified atom stereocenters. The summed E-state index contributed by atoms with van der Waals surface area (Å²) < 4.78 is 22.1. The van der Waals surface area contributed by atoms with Crippen LogP contribution >= 0.6 is 15.9 Å². The SMILES string of the molecule is CCOc1cc(/C=C2\NC(=O)N(Cc3ccc(C(=O)OC)o3)C2=O)cc(Br)c1OCc1cccc([N+](=O)[O-])c1. The van der Waals surface area contributed by atoms with Crippen LogP contribution in [0.25, 0.3) is 6.08 Å². The summed E-state index contributed by atoms with van der Waals surface area (Å²) >= 11 is 3.46. The molecule has 39 heavy (non-hydrogen) atoms. The molecule has 2 heterocycles. The fourth-order valence-corrected chi connectivity index (χ4v) is 4.27. The van der Waals surface area contributed by atoms with Crippen molar-refractivity contribution in [3.63, 3.8) is 0 Å². The molecule has 3 aromatic rings. The van der Waals surface area contributed by atoms with Crippen molar-refractivity contribution < 1.29 is 37.9 Å². The number of urea groups is 1. The zero-order valence-electron chi connectivity index (χ0n) is 20.8. The van der Waals surface area contributed by atoms with Gasteiger partial charge in [-0.1, -0.05) is 12.1 Å². The number of halogens is 1. The number of rotatable bonds is 10. The summed E-state index contributed by atoms with van der Waals surface area (Å²) in [6, 6.07) is 11.6. The van der Waals surface area contributed by atoms with Crippen LogP contribution in [-0.2, 0) is 22.7 Å². The topological polar surface area (TPSA) is 150 Å². The Labute approximate surface area is 230 Å². The van der Waals surface area contributed by atoms with Crippen molar-refractivity contribution in [2.75, 3.05) is 13.7 Å². The molecule has 3 amide bonds. The summed E-state index contributed by atoms with van der Waals surface area (Å²) in [5, 5.41) is 13.6. The molecule has 13 heteroatoms.